The SMILES string of the molecule is O=Cc1ccc(N=Nc2ccc(NCCNc3ccc(N=Nc4ccc(C=O)cc4O)cc3)cc2)c(O)c1. The molecule has 0 bridgehead atoms. The van der Waals surface area contributed by atoms with E-state index in [2.05, 4.69) is 31.1 Å². The Morgan fingerprint density at radius 1 is 0.553 bits per heavy atom. The van der Waals surface area contributed by atoms with Crippen molar-refractivity contribution in [2.75, 3.05) is 23.7 Å². The summed E-state index contributed by atoms with van der Waals surface area (Å²) in [5.41, 5.74) is 4.39. The Morgan fingerprint density at radius 3 is 1.29 bits per heavy atom. The largest absolute Gasteiger partial charge is 0.506 e. The van der Waals surface area contributed by atoms with Crippen LogP contribution in [0.1, 0.15) is 20.7 Å². The van der Waals surface area contributed by atoms with Crippen molar-refractivity contribution in [1.29, 1.82) is 0 Å². The topological polar surface area (TPSA) is 148 Å². The molecule has 0 unspecified atom stereocenters. The standard InChI is InChI=1S/C28H24N6O4/c35-17-19-1-11-25(27(37)15-19)33-31-23-7-3-21(4-8-23)29-13-14-30-22-5-9-24(10-6-22)32-34-26-12-2-20(18-36)16-28(26)38/h1-12,15-18,29-30,37-38H,13-14H2. The molecule has 0 heterocycles. The number of hydrogen-bond donors (Lipinski definition) is 4. The summed E-state index contributed by atoms with van der Waals surface area (Å²) >= 11 is 0. The maximum atomic E-state index is 10.8. The van der Waals surface area contributed by atoms with Crippen LogP contribution >= 0.6 is 0 Å². The van der Waals surface area contributed by atoms with Crippen LogP contribution < -0.4 is 10.6 Å². The number of phenolic OH excluding ortho intramolecular Hbond substituents is 2. The van der Waals surface area contributed by atoms with Crippen molar-refractivity contribution in [3.63, 3.8) is 0 Å². The van der Waals surface area contributed by atoms with Gasteiger partial charge in [0.05, 0.1) is 11.4 Å². The van der Waals surface area contributed by atoms with Gasteiger partial charge >= 0.3 is 0 Å². The van der Waals surface area contributed by atoms with E-state index >= 15 is 0 Å². The summed E-state index contributed by atoms with van der Waals surface area (Å²) in [7, 11) is 0. The van der Waals surface area contributed by atoms with Crippen LogP contribution in [0, 0.1) is 0 Å². The summed E-state index contributed by atoms with van der Waals surface area (Å²) in [5.74, 6) is -0.212. The molecule has 0 aliphatic heterocycles. The molecule has 4 aromatic carbocycles. The van der Waals surface area contributed by atoms with Crippen molar-refractivity contribution in [3.8, 4) is 11.5 Å². The van der Waals surface area contributed by atoms with Gasteiger partial charge in [0.2, 0.25) is 0 Å². The van der Waals surface area contributed by atoms with Crippen LogP contribution in [0.5, 0.6) is 11.5 Å². The van der Waals surface area contributed by atoms with Crippen LogP contribution in [0.15, 0.2) is 105 Å². The lowest BCUT2D eigenvalue weighted by molar-refractivity contribution is 0.111. The zero-order chi connectivity index (χ0) is 26.7. The van der Waals surface area contributed by atoms with Gasteiger partial charge in [-0.05, 0) is 84.9 Å². The summed E-state index contributed by atoms with van der Waals surface area (Å²) in [5, 5.41) is 42.7. The molecule has 0 amide bonds. The predicted molar refractivity (Wildman–Crippen MR) is 145 cm³/mol. The smallest absolute Gasteiger partial charge is 0.150 e. The van der Waals surface area contributed by atoms with Crippen LogP contribution in [0.4, 0.5) is 34.1 Å². The van der Waals surface area contributed by atoms with Gasteiger partial charge in [0.15, 0.2) is 0 Å². The van der Waals surface area contributed by atoms with Crippen molar-refractivity contribution in [2.24, 2.45) is 20.5 Å². The zero-order valence-corrected chi connectivity index (χ0v) is 20.2. The van der Waals surface area contributed by atoms with Crippen molar-refractivity contribution in [3.05, 3.63) is 96.1 Å². The lowest BCUT2D eigenvalue weighted by Crippen LogP contribution is -2.13. The number of anilines is 2. The molecule has 38 heavy (non-hydrogen) atoms. The van der Waals surface area contributed by atoms with Gasteiger partial charge in [0, 0.05) is 35.6 Å². The first-order valence-corrected chi connectivity index (χ1v) is 11.6. The molecule has 0 aliphatic carbocycles. The summed E-state index contributed by atoms with van der Waals surface area (Å²) in [6.45, 7) is 1.35. The van der Waals surface area contributed by atoms with E-state index in [4.69, 9.17) is 0 Å². The van der Waals surface area contributed by atoms with E-state index in [0.29, 0.717) is 48.2 Å². The highest BCUT2D eigenvalue weighted by atomic mass is 16.3. The Morgan fingerprint density at radius 2 is 0.947 bits per heavy atom. The molecular formula is C28H24N6O4. The minimum absolute atomic E-state index is 0.106. The van der Waals surface area contributed by atoms with E-state index in [-0.39, 0.29) is 22.9 Å². The summed E-state index contributed by atoms with van der Waals surface area (Å²) in [6, 6.07) is 23.6. The summed E-state index contributed by atoms with van der Waals surface area (Å²) < 4.78 is 0. The number of hydrogen-bond acceptors (Lipinski definition) is 10. The van der Waals surface area contributed by atoms with Crippen molar-refractivity contribution in [2.45, 2.75) is 0 Å². The molecule has 0 saturated carbocycles. The molecule has 0 radical (unpaired) electrons. The molecule has 190 valence electrons. The number of nitrogens with zero attached hydrogens (tertiary/aromatic N) is 4. The van der Waals surface area contributed by atoms with Crippen molar-refractivity contribution in [1.82, 2.24) is 0 Å². The van der Waals surface area contributed by atoms with Crippen molar-refractivity contribution < 1.29 is 19.8 Å². The Balaban J connectivity index is 1.22. The number of phenols is 2. The van der Waals surface area contributed by atoms with E-state index in [1.165, 1.54) is 24.3 Å². The molecule has 0 atom stereocenters. The summed E-state index contributed by atoms with van der Waals surface area (Å²) in [4.78, 5) is 21.5. The van der Waals surface area contributed by atoms with Gasteiger partial charge in [-0.25, -0.2) is 0 Å². The maximum absolute atomic E-state index is 10.8. The van der Waals surface area contributed by atoms with Gasteiger partial charge in [-0.15, -0.1) is 10.2 Å². The maximum Gasteiger partial charge on any atom is 0.150 e. The van der Waals surface area contributed by atoms with Gasteiger partial charge in [-0.3, -0.25) is 9.59 Å². The number of nitrogens with one attached hydrogen (secondary N) is 2. The van der Waals surface area contributed by atoms with E-state index < -0.39 is 0 Å². The lowest BCUT2D eigenvalue weighted by Gasteiger charge is -2.09. The molecule has 4 rings (SSSR count). The minimum atomic E-state index is -0.106. The third-order valence-electron chi connectivity index (χ3n) is 5.34. The van der Waals surface area contributed by atoms with Crippen LogP contribution in [-0.4, -0.2) is 35.9 Å². The molecule has 0 saturated heterocycles. The fraction of sp³-hybridized carbons (Fsp3) is 0.0714. The third-order valence-corrected chi connectivity index (χ3v) is 5.34. The fourth-order valence-electron chi connectivity index (χ4n) is 3.33. The van der Waals surface area contributed by atoms with Crippen LogP contribution in [0.2, 0.25) is 0 Å². The first-order valence-electron chi connectivity index (χ1n) is 11.6. The highest BCUT2D eigenvalue weighted by Gasteiger charge is 2.03. The van der Waals surface area contributed by atoms with E-state index in [0.717, 1.165) is 11.4 Å². The number of carbonyl (C=O) groups excluding carboxylic acids is 2. The second-order valence-electron chi connectivity index (χ2n) is 8.08. The number of azo groups is 2. The van der Waals surface area contributed by atoms with Crippen LogP contribution in [-0.2, 0) is 0 Å². The fourth-order valence-corrected chi connectivity index (χ4v) is 3.33. The molecule has 0 fully saturated rings. The average Bonchev–Trinajstić information content (AvgIpc) is 2.95. The first-order chi connectivity index (χ1) is 18.5. The molecule has 0 aromatic heterocycles. The first kappa shape index (κ1) is 25.7. The van der Waals surface area contributed by atoms with Crippen LogP contribution in [0.3, 0.4) is 0 Å². The van der Waals surface area contributed by atoms with Gasteiger partial charge in [0.25, 0.3) is 0 Å². The van der Waals surface area contributed by atoms with E-state index in [1.54, 1.807) is 36.4 Å². The third kappa shape index (κ3) is 7.08. The summed E-state index contributed by atoms with van der Waals surface area (Å²) in [6.07, 6.45) is 1.31. The van der Waals surface area contributed by atoms with Crippen LogP contribution in [0.25, 0.3) is 0 Å². The molecule has 0 aliphatic rings. The Hall–Kier alpha value is -5.38. The number of benzene rings is 4. The highest BCUT2D eigenvalue weighted by molar-refractivity contribution is 5.78. The molecular weight excluding hydrogens is 484 g/mol. The second-order valence-corrected chi connectivity index (χ2v) is 8.08. The van der Waals surface area contributed by atoms with E-state index in [9.17, 15) is 19.8 Å². The van der Waals surface area contributed by atoms with Gasteiger partial charge in [-0.2, -0.15) is 10.2 Å². The van der Waals surface area contributed by atoms with E-state index in [1.807, 2.05) is 24.3 Å². The monoisotopic (exact) mass is 508 g/mol. The number of aldehydes is 2. The van der Waals surface area contributed by atoms with Gasteiger partial charge in [-0.1, -0.05) is 0 Å². The molecule has 0 spiro atoms. The molecule has 4 aromatic rings. The Bertz CT molecular complexity index is 1360. The number of carbonyl (C=O) groups is 2. The molecule has 10 heteroatoms. The molecule has 4 N–H and O–H groups in total. The highest BCUT2D eigenvalue weighted by Crippen LogP contribution is 2.30. The van der Waals surface area contributed by atoms with Crippen molar-refractivity contribution >= 4 is 46.7 Å². The Kier molecular flexibility index (Phi) is 8.48. The van der Waals surface area contributed by atoms with Gasteiger partial charge < -0.3 is 20.8 Å². The number of aromatic hydroxyl groups is 2. The second kappa shape index (κ2) is 12.5. The lowest BCUT2D eigenvalue weighted by atomic mass is 10.2. The number of rotatable bonds is 11. The minimum Gasteiger partial charge on any atom is -0.506 e. The molecule has 10 nitrogen and oxygen atoms in total. The average molecular weight is 509 g/mol. The quantitative estimate of drug-likeness (QED) is 0.0966. The predicted octanol–water partition coefficient (Wildman–Crippen LogP) is 7.08. The van der Waals surface area contributed by atoms with Gasteiger partial charge in [0.1, 0.15) is 35.4 Å². The Labute approximate surface area is 218 Å². The zero-order valence-electron chi connectivity index (χ0n) is 20.2. The normalized spacial score (nSPS) is 11.1.